The Hall–Kier alpha value is -2.34. The van der Waals surface area contributed by atoms with Crippen LogP contribution in [-0.4, -0.2) is 21.2 Å². The zero-order chi connectivity index (χ0) is 17.6. The lowest BCUT2D eigenvalue weighted by atomic mass is 10.1. The Balaban J connectivity index is 1.84. The highest BCUT2D eigenvalue weighted by atomic mass is 32.2. The van der Waals surface area contributed by atoms with Crippen LogP contribution in [0.3, 0.4) is 0 Å². The van der Waals surface area contributed by atoms with Crippen molar-refractivity contribution in [2.24, 2.45) is 10.2 Å². The Morgan fingerprint density at radius 1 is 1.12 bits per heavy atom. The fourth-order valence-electron chi connectivity index (χ4n) is 3.12. The molecule has 0 radical (unpaired) electrons. The summed E-state index contributed by atoms with van der Waals surface area (Å²) in [6, 6.07) is 10.6. The molecule has 0 saturated carbocycles. The van der Waals surface area contributed by atoms with E-state index in [0.29, 0.717) is 11.1 Å². The maximum absolute atomic E-state index is 13.8. The first-order valence-corrected chi connectivity index (χ1v) is 9.29. The summed E-state index contributed by atoms with van der Waals surface area (Å²) in [6.45, 7) is 3.99. The van der Waals surface area contributed by atoms with E-state index in [1.165, 1.54) is 12.1 Å². The molecule has 0 aliphatic carbocycles. The number of halogens is 1. The van der Waals surface area contributed by atoms with Gasteiger partial charge in [-0.2, -0.15) is 16.9 Å². The van der Waals surface area contributed by atoms with Crippen LogP contribution >= 0.6 is 11.8 Å². The molecule has 1 N–H and O–H groups in total. The normalized spacial score (nSPS) is 15.2. The van der Waals surface area contributed by atoms with Crippen LogP contribution in [0.25, 0.3) is 10.9 Å². The highest BCUT2D eigenvalue weighted by Gasteiger charge is 2.27. The Morgan fingerprint density at radius 3 is 2.60 bits per heavy atom. The average Bonchev–Trinajstić information content (AvgIpc) is 2.77. The van der Waals surface area contributed by atoms with E-state index in [2.05, 4.69) is 10.2 Å². The molecule has 4 nitrogen and oxygen atoms in total. The second-order valence-electron chi connectivity index (χ2n) is 6.38. The molecule has 6 heteroatoms. The average molecular weight is 355 g/mol. The van der Waals surface area contributed by atoms with Crippen LogP contribution in [0, 0.1) is 19.7 Å². The smallest absolute Gasteiger partial charge is 0.221 e. The number of aryl methyl sites for hydroxylation is 2. The number of hydrogen-bond acceptors (Lipinski definition) is 4. The van der Waals surface area contributed by atoms with Gasteiger partial charge in [0.15, 0.2) is 5.69 Å². The van der Waals surface area contributed by atoms with Crippen LogP contribution in [0.15, 0.2) is 46.6 Å². The molecule has 0 bridgehead atoms. The van der Waals surface area contributed by atoms with Crippen molar-refractivity contribution < 1.29 is 9.50 Å². The van der Waals surface area contributed by atoms with Crippen LogP contribution in [-0.2, 0) is 0 Å². The first kappa shape index (κ1) is 16.1. The lowest BCUT2D eigenvalue weighted by Gasteiger charge is -2.27. The minimum atomic E-state index is -0.351. The quantitative estimate of drug-likeness (QED) is 0.603. The van der Waals surface area contributed by atoms with Crippen molar-refractivity contribution in [2.75, 3.05) is 11.5 Å². The van der Waals surface area contributed by atoms with E-state index in [4.69, 9.17) is 0 Å². The van der Waals surface area contributed by atoms with E-state index in [1.54, 1.807) is 6.07 Å². The predicted molar refractivity (Wildman–Crippen MR) is 100 cm³/mol. The van der Waals surface area contributed by atoms with E-state index in [0.717, 1.165) is 33.8 Å². The molecule has 4 rings (SSSR count). The topological polar surface area (TPSA) is 49.9 Å². The molecule has 128 valence electrons. The largest absolute Gasteiger partial charge is 0.493 e. The predicted octanol–water partition coefficient (Wildman–Crippen LogP) is 5.81. The molecule has 1 aromatic heterocycles. The summed E-state index contributed by atoms with van der Waals surface area (Å²) < 4.78 is 15.6. The number of thioether (sulfide) groups is 1. The fourth-order valence-corrected chi connectivity index (χ4v) is 3.86. The van der Waals surface area contributed by atoms with Crippen molar-refractivity contribution in [1.29, 1.82) is 0 Å². The Labute approximate surface area is 149 Å². The van der Waals surface area contributed by atoms with Crippen LogP contribution in [0.4, 0.5) is 15.8 Å². The minimum absolute atomic E-state index is 0.0550. The zero-order valence-electron chi connectivity index (χ0n) is 14.0. The van der Waals surface area contributed by atoms with Gasteiger partial charge in [0.25, 0.3) is 0 Å². The maximum Gasteiger partial charge on any atom is 0.221 e. The van der Waals surface area contributed by atoms with Crippen LogP contribution in [0.1, 0.15) is 17.2 Å². The van der Waals surface area contributed by atoms with Crippen LogP contribution in [0.5, 0.6) is 5.88 Å². The number of aromatic hydroxyl groups is 1. The zero-order valence-corrected chi connectivity index (χ0v) is 14.8. The summed E-state index contributed by atoms with van der Waals surface area (Å²) in [6.07, 6.45) is 0. The van der Waals surface area contributed by atoms with Crippen molar-refractivity contribution in [3.8, 4) is 5.88 Å². The van der Waals surface area contributed by atoms with Crippen molar-refractivity contribution in [1.82, 2.24) is 4.57 Å². The van der Waals surface area contributed by atoms with Crippen molar-refractivity contribution in [2.45, 2.75) is 19.9 Å². The molecule has 0 spiro atoms. The molecule has 2 heterocycles. The first-order valence-electron chi connectivity index (χ1n) is 8.14. The van der Waals surface area contributed by atoms with Gasteiger partial charge in [-0.25, -0.2) is 4.39 Å². The number of nitrogens with zero attached hydrogens (tertiary/aromatic N) is 3. The SMILES string of the molecule is Cc1ccc(N=Nc2c(O)n(C3CSC3)c3ccc(F)cc23)c(C)c1. The summed E-state index contributed by atoms with van der Waals surface area (Å²) in [5, 5.41) is 19.9. The Kier molecular flexibility index (Phi) is 4.00. The van der Waals surface area contributed by atoms with Gasteiger partial charge >= 0.3 is 0 Å². The van der Waals surface area contributed by atoms with Crippen LogP contribution < -0.4 is 0 Å². The lowest BCUT2D eigenvalue weighted by molar-refractivity contribution is 0.406. The van der Waals surface area contributed by atoms with E-state index in [-0.39, 0.29) is 17.7 Å². The van der Waals surface area contributed by atoms with Gasteiger partial charge in [0.2, 0.25) is 5.88 Å². The lowest BCUT2D eigenvalue weighted by Crippen LogP contribution is -2.22. The van der Waals surface area contributed by atoms with Gasteiger partial charge in [-0.3, -0.25) is 0 Å². The second kappa shape index (κ2) is 6.19. The van der Waals surface area contributed by atoms with E-state index in [9.17, 15) is 9.50 Å². The summed E-state index contributed by atoms with van der Waals surface area (Å²) in [5.41, 5.74) is 4.01. The Morgan fingerprint density at radius 2 is 1.92 bits per heavy atom. The Bertz CT molecular complexity index is 992. The molecular formula is C19H18FN3OS. The number of aromatic nitrogens is 1. The van der Waals surface area contributed by atoms with Gasteiger partial charge in [-0.15, -0.1) is 5.11 Å². The monoisotopic (exact) mass is 355 g/mol. The number of benzene rings is 2. The molecule has 3 aromatic rings. The summed E-state index contributed by atoms with van der Waals surface area (Å²) in [5.74, 6) is 1.57. The van der Waals surface area contributed by atoms with Crippen molar-refractivity contribution in [3.05, 3.63) is 53.3 Å². The number of fused-ring (bicyclic) bond motifs is 1. The van der Waals surface area contributed by atoms with Gasteiger partial charge in [0.1, 0.15) is 5.82 Å². The summed E-state index contributed by atoms with van der Waals surface area (Å²) >= 11 is 1.82. The summed E-state index contributed by atoms with van der Waals surface area (Å²) in [4.78, 5) is 0. The van der Waals surface area contributed by atoms with Crippen molar-refractivity contribution in [3.63, 3.8) is 0 Å². The molecule has 1 aliphatic rings. The van der Waals surface area contributed by atoms with Gasteiger partial charge in [0, 0.05) is 16.9 Å². The van der Waals surface area contributed by atoms with E-state index in [1.807, 2.05) is 48.4 Å². The standard InChI is InChI=1S/C19H18FN3OS/c1-11-3-5-16(12(2)7-11)21-22-18-15-8-13(20)4-6-17(15)23(19(18)24)14-9-25-10-14/h3-8,14,24H,9-10H2,1-2H3. The second-order valence-corrected chi connectivity index (χ2v) is 7.46. The third kappa shape index (κ3) is 2.80. The van der Waals surface area contributed by atoms with Gasteiger partial charge in [-0.05, 0) is 43.7 Å². The molecule has 1 fully saturated rings. The summed E-state index contributed by atoms with van der Waals surface area (Å²) in [7, 11) is 0. The highest BCUT2D eigenvalue weighted by molar-refractivity contribution is 8.00. The molecule has 1 aliphatic heterocycles. The van der Waals surface area contributed by atoms with Crippen molar-refractivity contribution >= 4 is 34.0 Å². The van der Waals surface area contributed by atoms with Crippen LogP contribution in [0.2, 0.25) is 0 Å². The molecule has 1 saturated heterocycles. The number of hydrogen-bond donors (Lipinski definition) is 1. The third-order valence-electron chi connectivity index (χ3n) is 4.51. The molecular weight excluding hydrogens is 337 g/mol. The molecule has 2 aromatic carbocycles. The molecule has 0 unspecified atom stereocenters. The van der Waals surface area contributed by atoms with Gasteiger partial charge in [-0.1, -0.05) is 17.7 Å². The molecule has 25 heavy (non-hydrogen) atoms. The fraction of sp³-hybridized carbons (Fsp3) is 0.263. The molecule has 0 atom stereocenters. The van der Waals surface area contributed by atoms with E-state index >= 15 is 0 Å². The highest BCUT2D eigenvalue weighted by Crippen LogP contribution is 2.45. The first-order chi connectivity index (χ1) is 12.0. The molecule has 0 amide bonds. The van der Waals surface area contributed by atoms with E-state index < -0.39 is 0 Å². The third-order valence-corrected chi connectivity index (χ3v) is 5.75. The maximum atomic E-state index is 13.8. The van der Waals surface area contributed by atoms with Gasteiger partial charge < -0.3 is 9.67 Å². The minimum Gasteiger partial charge on any atom is -0.493 e. The van der Waals surface area contributed by atoms with Gasteiger partial charge in [0.05, 0.1) is 17.2 Å². The number of rotatable bonds is 3. The number of azo groups is 1.